The molecular formula is C15H19NO6. The number of amides is 1. The first-order valence-corrected chi connectivity index (χ1v) is 6.91. The quantitative estimate of drug-likeness (QED) is 0.561. The molecule has 1 aromatic carbocycles. The lowest BCUT2D eigenvalue weighted by Crippen LogP contribution is -2.41. The Kier molecular flexibility index (Phi) is 7.45. The van der Waals surface area contributed by atoms with Crippen LogP contribution in [0.3, 0.4) is 0 Å². The van der Waals surface area contributed by atoms with Crippen LogP contribution in [0.2, 0.25) is 0 Å². The molecule has 0 aliphatic carbocycles. The SMILES string of the molecule is O=C(O)CCC(NC(=O)CCCOc1ccccc1)C(=O)O. The molecular weight excluding hydrogens is 290 g/mol. The van der Waals surface area contributed by atoms with Gasteiger partial charge in [-0.1, -0.05) is 18.2 Å². The second-order valence-electron chi connectivity index (χ2n) is 4.66. The Balaban J connectivity index is 2.25. The number of hydrogen-bond donors (Lipinski definition) is 3. The summed E-state index contributed by atoms with van der Waals surface area (Å²) >= 11 is 0. The lowest BCUT2D eigenvalue weighted by molar-refractivity contribution is -0.143. The molecule has 0 saturated heterocycles. The molecule has 0 fully saturated rings. The first kappa shape index (κ1) is 17.5. The zero-order chi connectivity index (χ0) is 16.4. The number of aliphatic carboxylic acids is 2. The minimum Gasteiger partial charge on any atom is -0.494 e. The van der Waals surface area contributed by atoms with Crippen LogP contribution in [0, 0.1) is 0 Å². The Hall–Kier alpha value is -2.57. The van der Waals surface area contributed by atoms with E-state index < -0.39 is 23.9 Å². The zero-order valence-corrected chi connectivity index (χ0v) is 12.0. The van der Waals surface area contributed by atoms with Gasteiger partial charge in [-0.25, -0.2) is 4.79 Å². The van der Waals surface area contributed by atoms with Gasteiger partial charge in [0, 0.05) is 12.8 Å². The second kappa shape index (κ2) is 9.38. The molecule has 1 amide bonds. The summed E-state index contributed by atoms with van der Waals surface area (Å²) in [6.07, 6.45) is 0.0982. The van der Waals surface area contributed by atoms with Crippen molar-refractivity contribution in [2.24, 2.45) is 0 Å². The molecule has 0 heterocycles. The fourth-order valence-corrected chi connectivity index (χ4v) is 1.73. The van der Waals surface area contributed by atoms with Crippen LogP contribution < -0.4 is 10.1 Å². The first-order valence-electron chi connectivity index (χ1n) is 6.91. The van der Waals surface area contributed by atoms with E-state index in [0.29, 0.717) is 18.8 Å². The van der Waals surface area contributed by atoms with Crippen molar-refractivity contribution in [1.82, 2.24) is 5.32 Å². The molecule has 3 N–H and O–H groups in total. The number of carbonyl (C=O) groups excluding carboxylic acids is 1. The van der Waals surface area contributed by atoms with Crippen LogP contribution in [-0.2, 0) is 14.4 Å². The predicted molar refractivity (Wildman–Crippen MR) is 77.6 cm³/mol. The van der Waals surface area contributed by atoms with Crippen LogP contribution in [0.4, 0.5) is 0 Å². The van der Waals surface area contributed by atoms with Gasteiger partial charge in [-0.05, 0) is 25.0 Å². The van der Waals surface area contributed by atoms with Gasteiger partial charge in [0.05, 0.1) is 6.61 Å². The molecule has 0 radical (unpaired) electrons. The second-order valence-corrected chi connectivity index (χ2v) is 4.66. The normalized spacial score (nSPS) is 11.5. The summed E-state index contributed by atoms with van der Waals surface area (Å²) in [5.74, 6) is -2.07. The van der Waals surface area contributed by atoms with Crippen molar-refractivity contribution in [3.05, 3.63) is 30.3 Å². The molecule has 0 saturated carbocycles. The maximum atomic E-state index is 11.6. The van der Waals surface area contributed by atoms with E-state index in [9.17, 15) is 14.4 Å². The van der Waals surface area contributed by atoms with Crippen molar-refractivity contribution in [1.29, 1.82) is 0 Å². The van der Waals surface area contributed by atoms with Crippen molar-refractivity contribution >= 4 is 17.8 Å². The lowest BCUT2D eigenvalue weighted by atomic mass is 10.1. The highest BCUT2D eigenvalue weighted by molar-refractivity contribution is 5.83. The van der Waals surface area contributed by atoms with E-state index in [1.807, 2.05) is 18.2 Å². The molecule has 0 aliphatic rings. The van der Waals surface area contributed by atoms with Gasteiger partial charge in [0.15, 0.2) is 0 Å². The van der Waals surface area contributed by atoms with Crippen LogP contribution in [-0.4, -0.2) is 40.7 Å². The number of carboxylic acid groups (broad SMARTS) is 2. The Morgan fingerprint density at radius 3 is 2.36 bits per heavy atom. The molecule has 1 aromatic rings. The molecule has 7 nitrogen and oxygen atoms in total. The Labute approximate surface area is 127 Å². The van der Waals surface area contributed by atoms with Gasteiger partial charge in [-0.3, -0.25) is 9.59 Å². The third-order valence-electron chi connectivity index (χ3n) is 2.84. The summed E-state index contributed by atoms with van der Waals surface area (Å²) < 4.78 is 5.41. The smallest absolute Gasteiger partial charge is 0.326 e. The number of carboxylic acids is 2. The zero-order valence-electron chi connectivity index (χ0n) is 12.0. The Morgan fingerprint density at radius 2 is 1.77 bits per heavy atom. The highest BCUT2D eigenvalue weighted by Gasteiger charge is 2.20. The predicted octanol–water partition coefficient (Wildman–Crippen LogP) is 1.28. The number of para-hydroxylation sites is 1. The van der Waals surface area contributed by atoms with E-state index in [0.717, 1.165) is 0 Å². The van der Waals surface area contributed by atoms with E-state index in [2.05, 4.69) is 5.32 Å². The van der Waals surface area contributed by atoms with Crippen molar-refractivity contribution in [2.45, 2.75) is 31.7 Å². The van der Waals surface area contributed by atoms with E-state index in [1.165, 1.54) is 0 Å². The van der Waals surface area contributed by atoms with Gasteiger partial charge in [0.1, 0.15) is 11.8 Å². The summed E-state index contributed by atoms with van der Waals surface area (Å²) in [5, 5.41) is 19.8. The third kappa shape index (κ3) is 7.28. The summed E-state index contributed by atoms with van der Waals surface area (Å²) in [4.78, 5) is 33.0. The highest BCUT2D eigenvalue weighted by Crippen LogP contribution is 2.09. The molecule has 7 heteroatoms. The number of benzene rings is 1. The van der Waals surface area contributed by atoms with Crippen LogP contribution >= 0.6 is 0 Å². The minimum atomic E-state index is -1.24. The van der Waals surface area contributed by atoms with Crippen molar-refractivity contribution in [3.8, 4) is 5.75 Å². The summed E-state index contributed by atoms with van der Waals surface area (Å²) in [6, 6.07) is 7.95. The average molecular weight is 309 g/mol. The third-order valence-corrected chi connectivity index (χ3v) is 2.84. The van der Waals surface area contributed by atoms with Gasteiger partial charge in [0.2, 0.25) is 5.91 Å². The topological polar surface area (TPSA) is 113 Å². The Morgan fingerprint density at radius 1 is 1.09 bits per heavy atom. The molecule has 1 unspecified atom stereocenters. The highest BCUT2D eigenvalue weighted by atomic mass is 16.5. The average Bonchev–Trinajstić information content (AvgIpc) is 2.48. The molecule has 1 atom stereocenters. The maximum Gasteiger partial charge on any atom is 0.326 e. The van der Waals surface area contributed by atoms with Gasteiger partial charge in [-0.2, -0.15) is 0 Å². The van der Waals surface area contributed by atoms with Gasteiger partial charge in [0.25, 0.3) is 0 Å². The molecule has 0 spiro atoms. The van der Waals surface area contributed by atoms with Crippen molar-refractivity contribution in [2.75, 3.05) is 6.61 Å². The lowest BCUT2D eigenvalue weighted by Gasteiger charge is -2.13. The van der Waals surface area contributed by atoms with Gasteiger partial charge in [-0.15, -0.1) is 0 Å². The van der Waals surface area contributed by atoms with Crippen molar-refractivity contribution in [3.63, 3.8) is 0 Å². The standard InChI is InChI=1S/C15H19NO6/c17-13(16-12(15(20)21)8-9-14(18)19)7-4-10-22-11-5-2-1-3-6-11/h1-3,5-6,12H,4,7-10H2,(H,16,17)(H,18,19)(H,20,21). The monoisotopic (exact) mass is 309 g/mol. The Bertz CT molecular complexity index is 502. The molecule has 1 rings (SSSR count). The largest absolute Gasteiger partial charge is 0.494 e. The van der Waals surface area contributed by atoms with E-state index in [4.69, 9.17) is 14.9 Å². The van der Waals surface area contributed by atoms with Crippen LogP contribution in [0.1, 0.15) is 25.7 Å². The first-order chi connectivity index (χ1) is 10.5. The number of nitrogens with one attached hydrogen (secondary N) is 1. The summed E-state index contributed by atoms with van der Waals surface area (Å²) in [6.45, 7) is 0.338. The van der Waals surface area contributed by atoms with E-state index in [-0.39, 0.29) is 19.3 Å². The van der Waals surface area contributed by atoms with E-state index in [1.54, 1.807) is 12.1 Å². The number of rotatable bonds is 10. The molecule has 22 heavy (non-hydrogen) atoms. The van der Waals surface area contributed by atoms with Gasteiger partial charge < -0.3 is 20.3 Å². The number of ether oxygens (including phenoxy) is 1. The van der Waals surface area contributed by atoms with Crippen LogP contribution in [0.15, 0.2) is 30.3 Å². The molecule has 120 valence electrons. The number of hydrogen-bond acceptors (Lipinski definition) is 4. The van der Waals surface area contributed by atoms with Crippen LogP contribution in [0.5, 0.6) is 5.75 Å². The fourth-order valence-electron chi connectivity index (χ4n) is 1.73. The summed E-state index contributed by atoms with van der Waals surface area (Å²) in [5.41, 5.74) is 0. The molecule has 0 bridgehead atoms. The van der Waals surface area contributed by atoms with Crippen molar-refractivity contribution < 1.29 is 29.3 Å². The summed E-state index contributed by atoms with van der Waals surface area (Å²) in [7, 11) is 0. The minimum absolute atomic E-state index is 0.115. The molecule has 0 aromatic heterocycles. The fraction of sp³-hybridized carbons (Fsp3) is 0.400. The number of carbonyl (C=O) groups is 3. The van der Waals surface area contributed by atoms with Crippen LogP contribution in [0.25, 0.3) is 0 Å². The molecule has 0 aliphatic heterocycles. The van der Waals surface area contributed by atoms with Gasteiger partial charge >= 0.3 is 11.9 Å². The van der Waals surface area contributed by atoms with E-state index >= 15 is 0 Å². The maximum absolute atomic E-state index is 11.6.